The molecule has 150 valence electrons. The number of rotatable bonds is 6. The number of amides is 1. The van der Waals surface area contributed by atoms with E-state index in [2.05, 4.69) is 15.4 Å². The van der Waals surface area contributed by atoms with Gasteiger partial charge in [-0.2, -0.15) is 5.10 Å². The second-order valence-corrected chi connectivity index (χ2v) is 6.70. The molecule has 1 N–H and O–H groups in total. The maximum atomic E-state index is 12.8. The van der Waals surface area contributed by atoms with Crippen LogP contribution in [0.2, 0.25) is 0 Å². The Bertz CT molecular complexity index is 1200. The van der Waals surface area contributed by atoms with E-state index in [1.54, 1.807) is 23.0 Å². The van der Waals surface area contributed by atoms with Crippen LogP contribution in [-0.4, -0.2) is 30.2 Å². The average molecular weight is 402 g/mol. The molecule has 1 amide bonds. The lowest BCUT2D eigenvalue weighted by Crippen LogP contribution is -2.16. The first-order chi connectivity index (χ1) is 14.5. The Morgan fingerprint density at radius 3 is 2.67 bits per heavy atom. The van der Waals surface area contributed by atoms with Gasteiger partial charge in [0.1, 0.15) is 11.5 Å². The Morgan fingerprint density at radius 1 is 1.17 bits per heavy atom. The van der Waals surface area contributed by atoms with Crippen molar-refractivity contribution in [2.75, 3.05) is 5.32 Å². The molecule has 0 spiro atoms. The first-order valence-electron chi connectivity index (χ1n) is 9.18. The fraction of sp³-hybridized carbons (Fsp3) is 0.0952. The summed E-state index contributed by atoms with van der Waals surface area (Å²) in [5, 5.41) is 18.8. The first kappa shape index (κ1) is 19.1. The molecule has 2 aromatic carbocycles. The number of nitrogens with zero attached hydrogens (tertiary/aromatic N) is 5. The molecule has 0 aliphatic heterocycles. The summed E-state index contributed by atoms with van der Waals surface area (Å²) in [6.07, 6.45) is 4.60. The number of aryl methyl sites for hydroxylation is 1. The van der Waals surface area contributed by atoms with Gasteiger partial charge in [0.25, 0.3) is 11.6 Å². The van der Waals surface area contributed by atoms with Crippen LogP contribution >= 0.6 is 0 Å². The van der Waals surface area contributed by atoms with E-state index in [4.69, 9.17) is 0 Å². The van der Waals surface area contributed by atoms with Crippen LogP contribution in [0.4, 0.5) is 11.5 Å². The second kappa shape index (κ2) is 8.00. The number of carbonyl (C=O) groups excluding carboxylic acids is 1. The number of benzene rings is 2. The minimum absolute atomic E-state index is 0.177. The Kier molecular flexibility index (Phi) is 5.08. The third-order valence-corrected chi connectivity index (χ3v) is 4.54. The molecule has 0 saturated carbocycles. The highest BCUT2D eigenvalue weighted by molar-refractivity contribution is 6.04. The predicted octanol–water partition coefficient (Wildman–Crippen LogP) is 3.59. The molecule has 0 atom stereocenters. The summed E-state index contributed by atoms with van der Waals surface area (Å²) >= 11 is 0. The van der Waals surface area contributed by atoms with Crippen LogP contribution in [0, 0.1) is 17.0 Å². The van der Waals surface area contributed by atoms with E-state index in [1.165, 1.54) is 29.2 Å². The van der Waals surface area contributed by atoms with E-state index < -0.39 is 10.8 Å². The lowest BCUT2D eigenvalue weighted by atomic mass is 10.1. The van der Waals surface area contributed by atoms with Gasteiger partial charge >= 0.3 is 0 Å². The standard InChI is InChI=1S/C21H18N6O3/c1-15-11-20(26(24-15)13-16-5-3-2-4-6-16)23-21(28)17-7-8-18(19(12-17)27(29)30)25-10-9-22-14-25/h2-12,14H,13H2,1H3,(H,23,28). The lowest BCUT2D eigenvalue weighted by Gasteiger charge is -2.10. The molecule has 4 rings (SSSR count). The maximum Gasteiger partial charge on any atom is 0.294 e. The molecule has 0 saturated heterocycles. The molecule has 9 heteroatoms. The summed E-state index contributed by atoms with van der Waals surface area (Å²) in [5.41, 5.74) is 2.11. The van der Waals surface area contributed by atoms with Crippen molar-refractivity contribution in [1.82, 2.24) is 19.3 Å². The van der Waals surface area contributed by atoms with Crippen LogP contribution in [0.1, 0.15) is 21.6 Å². The van der Waals surface area contributed by atoms with Crippen molar-refractivity contribution >= 4 is 17.4 Å². The summed E-state index contributed by atoms with van der Waals surface area (Å²) < 4.78 is 3.22. The minimum atomic E-state index is -0.518. The zero-order valence-electron chi connectivity index (χ0n) is 16.1. The Hall–Kier alpha value is -4.27. The molecule has 4 aromatic rings. The van der Waals surface area contributed by atoms with Gasteiger partial charge in [0.05, 0.1) is 23.5 Å². The fourth-order valence-electron chi connectivity index (χ4n) is 3.14. The van der Waals surface area contributed by atoms with Crippen molar-refractivity contribution < 1.29 is 9.72 Å². The van der Waals surface area contributed by atoms with Gasteiger partial charge in [-0.1, -0.05) is 30.3 Å². The van der Waals surface area contributed by atoms with Crippen molar-refractivity contribution in [2.24, 2.45) is 0 Å². The summed E-state index contributed by atoms with van der Waals surface area (Å²) in [6.45, 7) is 2.33. The van der Waals surface area contributed by atoms with Crippen LogP contribution in [0.25, 0.3) is 5.69 Å². The van der Waals surface area contributed by atoms with E-state index in [0.29, 0.717) is 18.1 Å². The number of aromatic nitrogens is 4. The molecule has 0 unspecified atom stereocenters. The second-order valence-electron chi connectivity index (χ2n) is 6.70. The van der Waals surface area contributed by atoms with Gasteiger partial charge in [-0.15, -0.1) is 0 Å². The van der Waals surface area contributed by atoms with Crippen molar-refractivity contribution in [3.63, 3.8) is 0 Å². The van der Waals surface area contributed by atoms with E-state index in [9.17, 15) is 14.9 Å². The topological polar surface area (TPSA) is 108 Å². The largest absolute Gasteiger partial charge is 0.307 e. The molecule has 0 radical (unpaired) electrons. The number of hydrogen-bond donors (Lipinski definition) is 1. The van der Waals surface area contributed by atoms with E-state index in [0.717, 1.165) is 11.3 Å². The van der Waals surface area contributed by atoms with Crippen molar-refractivity contribution in [3.05, 3.63) is 100 Å². The van der Waals surface area contributed by atoms with E-state index >= 15 is 0 Å². The van der Waals surface area contributed by atoms with Gasteiger partial charge in [-0.3, -0.25) is 14.9 Å². The molecular weight excluding hydrogens is 384 g/mol. The number of anilines is 1. The van der Waals surface area contributed by atoms with Gasteiger partial charge in [0.15, 0.2) is 0 Å². The normalized spacial score (nSPS) is 10.7. The molecule has 0 fully saturated rings. The lowest BCUT2D eigenvalue weighted by molar-refractivity contribution is -0.384. The SMILES string of the molecule is Cc1cc(NC(=O)c2ccc(-n3ccnc3)c([N+](=O)[O-])c2)n(Cc2ccccc2)n1. The van der Waals surface area contributed by atoms with E-state index in [1.807, 2.05) is 37.3 Å². The summed E-state index contributed by atoms with van der Waals surface area (Å²) in [4.78, 5) is 27.7. The quantitative estimate of drug-likeness (QED) is 0.392. The Balaban J connectivity index is 1.60. The van der Waals surface area contributed by atoms with Crippen molar-refractivity contribution in [1.29, 1.82) is 0 Å². The number of carbonyl (C=O) groups is 1. The molecule has 0 bridgehead atoms. The van der Waals surface area contributed by atoms with Gasteiger partial charge in [0.2, 0.25) is 0 Å². The van der Waals surface area contributed by atoms with Gasteiger partial charge in [0, 0.05) is 30.1 Å². The highest BCUT2D eigenvalue weighted by Gasteiger charge is 2.20. The van der Waals surface area contributed by atoms with Crippen LogP contribution in [0.3, 0.4) is 0 Å². The predicted molar refractivity (Wildman–Crippen MR) is 111 cm³/mol. The molecule has 2 aromatic heterocycles. The highest BCUT2D eigenvalue weighted by Crippen LogP contribution is 2.25. The molecule has 30 heavy (non-hydrogen) atoms. The van der Waals surface area contributed by atoms with Gasteiger partial charge in [-0.05, 0) is 24.6 Å². The van der Waals surface area contributed by atoms with Crippen LogP contribution in [0.15, 0.2) is 73.3 Å². The smallest absolute Gasteiger partial charge is 0.294 e. The third-order valence-electron chi connectivity index (χ3n) is 4.54. The number of nitro benzene ring substituents is 1. The Morgan fingerprint density at radius 2 is 1.97 bits per heavy atom. The number of hydrogen-bond acceptors (Lipinski definition) is 5. The number of nitrogens with one attached hydrogen (secondary N) is 1. The zero-order chi connectivity index (χ0) is 21.1. The Labute approximate surface area is 171 Å². The highest BCUT2D eigenvalue weighted by atomic mass is 16.6. The zero-order valence-corrected chi connectivity index (χ0v) is 16.1. The average Bonchev–Trinajstić information content (AvgIpc) is 3.38. The fourth-order valence-corrected chi connectivity index (χ4v) is 3.14. The summed E-state index contributed by atoms with van der Waals surface area (Å²) in [7, 11) is 0. The molecule has 9 nitrogen and oxygen atoms in total. The summed E-state index contributed by atoms with van der Waals surface area (Å²) in [6, 6.07) is 15.8. The molecule has 2 heterocycles. The van der Waals surface area contributed by atoms with Crippen LogP contribution in [0.5, 0.6) is 0 Å². The van der Waals surface area contributed by atoms with E-state index in [-0.39, 0.29) is 11.3 Å². The number of nitro groups is 1. The number of imidazole rings is 1. The molecule has 0 aliphatic rings. The molecular formula is C21H18N6O3. The maximum absolute atomic E-state index is 12.8. The van der Waals surface area contributed by atoms with Gasteiger partial charge < -0.3 is 9.88 Å². The third kappa shape index (κ3) is 3.95. The van der Waals surface area contributed by atoms with Crippen molar-refractivity contribution in [2.45, 2.75) is 13.5 Å². The first-order valence-corrected chi connectivity index (χ1v) is 9.18. The minimum Gasteiger partial charge on any atom is -0.307 e. The van der Waals surface area contributed by atoms with Crippen molar-refractivity contribution in [3.8, 4) is 5.69 Å². The van der Waals surface area contributed by atoms with Gasteiger partial charge in [-0.25, -0.2) is 9.67 Å². The monoisotopic (exact) mass is 402 g/mol. The molecule has 0 aliphatic carbocycles. The van der Waals surface area contributed by atoms with Crippen LogP contribution < -0.4 is 5.32 Å². The summed E-state index contributed by atoms with van der Waals surface area (Å²) in [5.74, 6) is 0.0622. The van der Waals surface area contributed by atoms with Crippen LogP contribution in [-0.2, 0) is 6.54 Å².